The van der Waals surface area contributed by atoms with E-state index in [2.05, 4.69) is 20.7 Å². The summed E-state index contributed by atoms with van der Waals surface area (Å²) in [6.45, 7) is 5.37. The van der Waals surface area contributed by atoms with E-state index in [-0.39, 0.29) is 51.9 Å². The number of hydrogen-bond acceptors (Lipinski definition) is 9. The first-order valence-corrected chi connectivity index (χ1v) is 14.4. The van der Waals surface area contributed by atoms with Crippen LogP contribution in [0, 0.1) is 0 Å². The van der Waals surface area contributed by atoms with Crippen LogP contribution in [-0.2, 0) is 16.1 Å². The summed E-state index contributed by atoms with van der Waals surface area (Å²) in [6, 6.07) is 22.2. The molecule has 0 saturated heterocycles. The van der Waals surface area contributed by atoms with Gasteiger partial charge in [0, 0.05) is 11.1 Å². The van der Waals surface area contributed by atoms with Gasteiger partial charge in [-0.3, -0.25) is 14.9 Å². The average molecular weight is 642 g/mol. The van der Waals surface area contributed by atoms with Crippen molar-refractivity contribution in [2.75, 3.05) is 30.2 Å². The number of phenols is 1. The normalized spacial score (nSPS) is 10.7. The second kappa shape index (κ2) is 14.8. The highest BCUT2D eigenvalue weighted by Crippen LogP contribution is 2.31. The van der Waals surface area contributed by atoms with Crippen molar-refractivity contribution in [1.29, 1.82) is 0 Å². The van der Waals surface area contributed by atoms with Gasteiger partial charge in [0.25, 0.3) is 11.8 Å². The van der Waals surface area contributed by atoms with Gasteiger partial charge < -0.3 is 34.7 Å². The fourth-order valence-electron chi connectivity index (χ4n) is 4.24. The predicted molar refractivity (Wildman–Crippen MR) is 175 cm³/mol. The molecule has 47 heavy (non-hydrogen) atoms. The Kier molecular flexibility index (Phi) is 10.7. The van der Waals surface area contributed by atoms with E-state index in [1.807, 2.05) is 30.3 Å². The number of aromatic hydroxyl groups is 1. The van der Waals surface area contributed by atoms with Gasteiger partial charge in [0.1, 0.15) is 29.5 Å². The molecule has 12 nitrogen and oxygen atoms in total. The minimum atomic E-state index is -0.702. The van der Waals surface area contributed by atoms with Crippen LogP contribution < -0.4 is 25.4 Å². The molecule has 0 heterocycles. The number of esters is 1. The smallest absolute Gasteiger partial charge is 0.412 e. The van der Waals surface area contributed by atoms with Crippen molar-refractivity contribution in [3.63, 3.8) is 0 Å². The maximum atomic E-state index is 13.4. The number of rotatable bonds is 10. The lowest BCUT2D eigenvalue weighted by Gasteiger charge is -2.20. The van der Waals surface area contributed by atoms with Crippen LogP contribution in [0.1, 0.15) is 57.4 Å². The molecule has 0 aromatic heterocycles. The Morgan fingerprint density at radius 2 is 1.23 bits per heavy atom. The average Bonchev–Trinajstić information content (AvgIpc) is 3.04. The third-order valence-electron chi connectivity index (χ3n) is 6.50. The summed E-state index contributed by atoms with van der Waals surface area (Å²) in [7, 11) is 2.63. The maximum Gasteiger partial charge on any atom is 0.412 e. The molecule has 4 aromatic rings. The third kappa shape index (κ3) is 9.24. The third-order valence-corrected chi connectivity index (χ3v) is 6.50. The molecule has 244 valence electrons. The highest BCUT2D eigenvalue weighted by Gasteiger charge is 2.20. The Labute approximate surface area is 271 Å². The van der Waals surface area contributed by atoms with E-state index in [0.717, 1.165) is 5.56 Å². The highest BCUT2D eigenvalue weighted by molar-refractivity contribution is 6.08. The molecule has 0 atom stereocenters. The van der Waals surface area contributed by atoms with Gasteiger partial charge in [-0.1, -0.05) is 30.3 Å². The van der Waals surface area contributed by atoms with Gasteiger partial charge >= 0.3 is 12.1 Å². The van der Waals surface area contributed by atoms with Crippen molar-refractivity contribution < 1.29 is 43.2 Å². The van der Waals surface area contributed by atoms with Gasteiger partial charge in [0.15, 0.2) is 0 Å². The maximum absolute atomic E-state index is 13.4. The molecule has 0 aliphatic heterocycles. The minimum Gasteiger partial charge on any atom is -0.506 e. The van der Waals surface area contributed by atoms with Crippen molar-refractivity contribution in [2.24, 2.45) is 0 Å². The van der Waals surface area contributed by atoms with E-state index >= 15 is 0 Å². The number of benzene rings is 4. The van der Waals surface area contributed by atoms with Crippen LogP contribution in [0.15, 0.2) is 84.9 Å². The summed E-state index contributed by atoms with van der Waals surface area (Å²) in [5.41, 5.74) is 1.33. The first kappa shape index (κ1) is 33.8. The molecule has 0 fully saturated rings. The fourth-order valence-corrected chi connectivity index (χ4v) is 4.24. The van der Waals surface area contributed by atoms with Gasteiger partial charge in [0.05, 0.1) is 36.8 Å². The van der Waals surface area contributed by atoms with Gasteiger partial charge in [-0.15, -0.1) is 0 Å². The van der Waals surface area contributed by atoms with E-state index in [1.165, 1.54) is 68.8 Å². The summed E-state index contributed by atoms with van der Waals surface area (Å²) in [4.78, 5) is 50.5. The Hall–Kier alpha value is -6.04. The standard InChI is InChI=1S/C35H35N3O9/c1-35(2,3)47-34(43)38-26-15-11-22(18-29(26)44-4)32(41)37-27-16-12-23(19-30(27)46-20-21-9-7-6-8-10-21)31(40)36-25-14-13-24(17-28(25)39)33(42)45-5/h6-19,39H,20H2,1-5H3,(H,36,40)(H,37,41)(H,38,43). The molecule has 0 unspecified atom stereocenters. The summed E-state index contributed by atoms with van der Waals surface area (Å²) < 4.78 is 21.4. The monoisotopic (exact) mass is 641 g/mol. The number of hydrogen-bond donors (Lipinski definition) is 4. The molecule has 0 spiro atoms. The van der Waals surface area contributed by atoms with Crippen molar-refractivity contribution in [3.05, 3.63) is 107 Å². The first-order chi connectivity index (χ1) is 22.4. The zero-order chi connectivity index (χ0) is 34.1. The lowest BCUT2D eigenvalue weighted by Crippen LogP contribution is -2.27. The van der Waals surface area contributed by atoms with Crippen LogP contribution in [-0.4, -0.2) is 48.8 Å². The Bertz CT molecular complexity index is 1780. The second-order valence-corrected chi connectivity index (χ2v) is 11.2. The zero-order valence-electron chi connectivity index (χ0n) is 26.5. The summed E-state index contributed by atoms with van der Waals surface area (Å²) in [5.74, 6) is -1.61. The van der Waals surface area contributed by atoms with Gasteiger partial charge in [-0.2, -0.15) is 0 Å². The number of anilines is 3. The SMILES string of the molecule is COC(=O)c1ccc(NC(=O)c2ccc(NC(=O)c3ccc(NC(=O)OC(C)(C)C)c(OC)c3)c(OCc3ccccc3)c2)c(O)c1. The van der Waals surface area contributed by atoms with Gasteiger partial charge in [0.2, 0.25) is 0 Å². The number of carbonyl (C=O) groups excluding carboxylic acids is 4. The van der Waals surface area contributed by atoms with E-state index in [0.29, 0.717) is 5.69 Å². The first-order valence-electron chi connectivity index (χ1n) is 14.4. The molecule has 12 heteroatoms. The van der Waals surface area contributed by atoms with Crippen LogP contribution in [0.2, 0.25) is 0 Å². The minimum absolute atomic E-state index is 0.0744. The number of methoxy groups -OCH3 is 2. The van der Waals surface area contributed by atoms with Crippen LogP contribution in [0.25, 0.3) is 0 Å². The quantitative estimate of drug-likeness (QED) is 0.110. The molecule has 0 bridgehead atoms. The molecular weight excluding hydrogens is 606 g/mol. The van der Waals surface area contributed by atoms with Crippen LogP contribution in [0.5, 0.6) is 17.2 Å². The van der Waals surface area contributed by atoms with Crippen molar-refractivity contribution >= 4 is 40.9 Å². The van der Waals surface area contributed by atoms with Crippen molar-refractivity contribution in [3.8, 4) is 17.2 Å². The van der Waals surface area contributed by atoms with Gasteiger partial charge in [-0.05, 0) is 80.9 Å². The zero-order valence-corrected chi connectivity index (χ0v) is 26.5. The van der Waals surface area contributed by atoms with E-state index in [9.17, 15) is 24.3 Å². The topological polar surface area (TPSA) is 162 Å². The van der Waals surface area contributed by atoms with Crippen LogP contribution >= 0.6 is 0 Å². The highest BCUT2D eigenvalue weighted by atomic mass is 16.6. The lowest BCUT2D eigenvalue weighted by molar-refractivity contribution is 0.0597. The number of carbonyl (C=O) groups is 4. The second-order valence-electron chi connectivity index (χ2n) is 11.2. The van der Waals surface area contributed by atoms with Crippen LogP contribution in [0.4, 0.5) is 21.9 Å². The molecule has 0 radical (unpaired) electrons. The molecule has 4 rings (SSSR count). The Morgan fingerprint density at radius 3 is 1.81 bits per heavy atom. The summed E-state index contributed by atoms with van der Waals surface area (Å²) >= 11 is 0. The number of nitrogens with one attached hydrogen (secondary N) is 3. The Balaban J connectivity index is 1.56. The summed E-state index contributed by atoms with van der Waals surface area (Å²) in [5, 5.41) is 18.4. The molecule has 0 saturated carbocycles. The molecule has 4 aromatic carbocycles. The largest absolute Gasteiger partial charge is 0.506 e. The van der Waals surface area contributed by atoms with E-state index < -0.39 is 29.5 Å². The van der Waals surface area contributed by atoms with E-state index in [1.54, 1.807) is 20.8 Å². The molecule has 0 aliphatic carbocycles. The van der Waals surface area contributed by atoms with E-state index in [4.69, 9.17) is 14.2 Å². The van der Waals surface area contributed by atoms with Crippen molar-refractivity contribution in [2.45, 2.75) is 33.0 Å². The molecule has 3 amide bonds. The number of ether oxygens (including phenoxy) is 4. The predicted octanol–water partition coefficient (Wildman–Crippen LogP) is 6.62. The molecular formula is C35H35N3O9. The summed E-state index contributed by atoms with van der Waals surface area (Å²) in [6.07, 6.45) is -0.675. The Morgan fingerprint density at radius 1 is 0.681 bits per heavy atom. The number of amides is 3. The number of phenolic OH excluding ortho intramolecular Hbond substituents is 1. The fraction of sp³-hybridized carbons (Fsp3) is 0.200. The van der Waals surface area contributed by atoms with Crippen molar-refractivity contribution in [1.82, 2.24) is 0 Å². The van der Waals surface area contributed by atoms with Crippen LogP contribution in [0.3, 0.4) is 0 Å². The molecule has 0 aliphatic rings. The van der Waals surface area contributed by atoms with Gasteiger partial charge in [-0.25, -0.2) is 9.59 Å². The lowest BCUT2D eigenvalue weighted by atomic mass is 10.1. The molecule has 4 N–H and O–H groups in total.